The van der Waals surface area contributed by atoms with E-state index in [1.54, 1.807) is 0 Å². The van der Waals surface area contributed by atoms with Crippen molar-refractivity contribution in [3.63, 3.8) is 0 Å². The minimum atomic E-state index is -1.52. The van der Waals surface area contributed by atoms with Crippen LogP contribution >= 0.6 is 0 Å². The average Bonchev–Trinajstić information content (AvgIpc) is 2.04. The molecular formula is C8H4CoO4. The Morgan fingerprint density at radius 2 is 1.23 bits per heavy atom. The Morgan fingerprint density at radius 1 is 0.923 bits per heavy atom. The molecule has 0 aliphatic rings. The molecule has 0 fully saturated rings. The van der Waals surface area contributed by atoms with Crippen LogP contribution in [0.1, 0.15) is 20.7 Å². The van der Waals surface area contributed by atoms with Crippen molar-refractivity contribution in [2.45, 2.75) is 0 Å². The Balaban J connectivity index is 0.00000144. The molecule has 0 bridgehead atoms. The van der Waals surface area contributed by atoms with Crippen molar-refractivity contribution in [2.75, 3.05) is 0 Å². The maximum Gasteiger partial charge on any atom is 2.00 e. The second kappa shape index (κ2) is 4.63. The topological polar surface area (TPSA) is 80.3 Å². The van der Waals surface area contributed by atoms with Crippen LogP contribution in [0.4, 0.5) is 0 Å². The van der Waals surface area contributed by atoms with Crippen molar-refractivity contribution in [1.29, 1.82) is 0 Å². The zero-order chi connectivity index (χ0) is 9.14. The van der Waals surface area contributed by atoms with Gasteiger partial charge in [0.05, 0.1) is 11.9 Å². The summed E-state index contributed by atoms with van der Waals surface area (Å²) in [7, 11) is 0. The normalized spacial score (nSPS) is 8.62. The number of carbonyl (C=O) groups is 2. The van der Waals surface area contributed by atoms with Gasteiger partial charge in [-0.3, -0.25) is 0 Å². The second-order valence-electron chi connectivity index (χ2n) is 2.12. The van der Waals surface area contributed by atoms with Gasteiger partial charge < -0.3 is 19.8 Å². The molecule has 0 unspecified atom stereocenters. The zero-order valence-corrected chi connectivity index (χ0v) is 7.32. The van der Waals surface area contributed by atoms with Crippen LogP contribution in [0.5, 0.6) is 0 Å². The predicted molar refractivity (Wildman–Crippen MR) is 35.1 cm³/mol. The summed E-state index contributed by atoms with van der Waals surface area (Å²) >= 11 is 0. The van der Waals surface area contributed by atoms with Crippen LogP contribution in [0.15, 0.2) is 24.3 Å². The van der Waals surface area contributed by atoms with E-state index in [4.69, 9.17) is 0 Å². The van der Waals surface area contributed by atoms with Crippen LogP contribution in [0, 0.1) is 0 Å². The van der Waals surface area contributed by atoms with Crippen molar-refractivity contribution in [2.24, 2.45) is 0 Å². The van der Waals surface area contributed by atoms with E-state index >= 15 is 0 Å². The molecule has 0 amide bonds. The molecule has 69 valence electrons. The van der Waals surface area contributed by atoms with Gasteiger partial charge in [-0.15, -0.1) is 0 Å². The summed E-state index contributed by atoms with van der Waals surface area (Å²) in [5.41, 5.74) is -0.727. The van der Waals surface area contributed by atoms with Gasteiger partial charge in [0.15, 0.2) is 0 Å². The van der Waals surface area contributed by atoms with Gasteiger partial charge in [-0.2, -0.15) is 0 Å². The fourth-order valence-electron chi connectivity index (χ4n) is 0.839. The van der Waals surface area contributed by atoms with Gasteiger partial charge in [-0.25, -0.2) is 0 Å². The Bertz CT molecular complexity index is 302. The van der Waals surface area contributed by atoms with Crippen LogP contribution in [-0.4, -0.2) is 11.9 Å². The smallest absolute Gasteiger partial charge is 0.545 e. The molecule has 0 aliphatic heterocycles. The van der Waals surface area contributed by atoms with Gasteiger partial charge in [0.1, 0.15) is 0 Å². The third kappa shape index (κ3) is 2.57. The number of hydrogen-bond donors (Lipinski definition) is 0. The summed E-state index contributed by atoms with van der Waals surface area (Å²) in [6.45, 7) is 0. The predicted octanol–water partition coefficient (Wildman–Crippen LogP) is -1.59. The number of carbonyl (C=O) groups excluding carboxylic acids is 2. The zero-order valence-electron chi connectivity index (χ0n) is 6.28. The number of benzene rings is 1. The molecule has 1 aromatic rings. The standard InChI is InChI=1S/C8H6O4.Co/c9-7(10)5-3-1-2-4-6(5)8(11)12;/h1-4H,(H,9,10)(H,11,12);/q;+2/p-2. The summed E-state index contributed by atoms with van der Waals surface area (Å²) < 4.78 is 0. The van der Waals surface area contributed by atoms with Crippen molar-refractivity contribution in [3.05, 3.63) is 35.4 Å². The number of carboxylic acid groups (broad SMARTS) is 2. The summed E-state index contributed by atoms with van der Waals surface area (Å²) in [5.74, 6) is -3.04. The van der Waals surface area contributed by atoms with E-state index in [0.717, 1.165) is 12.1 Å². The van der Waals surface area contributed by atoms with Crippen molar-refractivity contribution in [1.82, 2.24) is 0 Å². The van der Waals surface area contributed by atoms with Crippen LogP contribution in [-0.2, 0) is 16.8 Å². The second-order valence-corrected chi connectivity index (χ2v) is 2.12. The van der Waals surface area contributed by atoms with Gasteiger partial charge in [0.25, 0.3) is 0 Å². The van der Waals surface area contributed by atoms with Gasteiger partial charge in [-0.1, -0.05) is 24.3 Å². The molecule has 13 heavy (non-hydrogen) atoms. The van der Waals surface area contributed by atoms with E-state index in [0.29, 0.717) is 0 Å². The molecule has 1 rings (SSSR count). The number of rotatable bonds is 2. The summed E-state index contributed by atoms with van der Waals surface area (Å²) in [4.78, 5) is 20.6. The largest absolute Gasteiger partial charge is 2.00 e. The van der Waals surface area contributed by atoms with E-state index in [1.807, 2.05) is 0 Å². The molecule has 1 radical (unpaired) electrons. The first-order chi connectivity index (χ1) is 5.63. The first kappa shape index (κ1) is 11.7. The minimum Gasteiger partial charge on any atom is -0.545 e. The Labute approximate surface area is 84.4 Å². The summed E-state index contributed by atoms with van der Waals surface area (Å²) in [6.07, 6.45) is 0. The number of carboxylic acids is 2. The van der Waals surface area contributed by atoms with E-state index in [2.05, 4.69) is 0 Å². The molecule has 5 heteroatoms. The Morgan fingerprint density at radius 3 is 1.46 bits per heavy atom. The first-order valence-corrected chi connectivity index (χ1v) is 3.14. The van der Waals surface area contributed by atoms with E-state index in [1.165, 1.54) is 12.1 Å². The summed E-state index contributed by atoms with van der Waals surface area (Å²) in [5, 5.41) is 20.6. The molecule has 0 aromatic heterocycles. The van der Waals surface area contributed by atoms with Gasteiger partial charge in [-0.05, 0) is 0 Å². The molecule has 4 nitrogen and oxygen atoms in total. The maximum absolute atomic E-state index is 10.3. The molecule has 0 heterocycles. The molecule has 0 spiro atoms. The van der Waals surface area contributed by atoms with Gasteiger partial charge in [0.2, 0.25) is 0 Å². The van der Waals surface area contributed by atoms with Crippen molar-refractivity contribution < 1.29 is 36.6 Å². The molecule has 0 N–H and O–H groups in total. The Kier molecular flexibility index (Phi) is 4.16. The van der Waals surface area contributed by atoms with Crippen LogP contribution in [0.2, 0.25) is 0 Å². The average molecular weight is 223 g/mol. The first-order valence-electron chi connectivity index (χ1n) is 3.14. The fraction of sp³-hybridized carbons (Fsp3) is 0. The molecule has 0 atom stereocenters. The van der Waals surface area contributed by atoms with Crippen LogP contribution in [0.25, 0.3) is 0 Å². The number of hydrogen-bond acceptors (Lipinski definition) is 4. The number of aromatic carboxylic acids is 2. The molecule has 0 saturated heterocycles. The SMILES string of the molecule is O=C([O-])c1ccccc1C(=O)[O-].[Co+2]. The van der Waals surface area contributed by atoms with E-state index < -0.39 is 11.9 Å². The third-order valence-corrected chi connectivity index (χ3v) is 1.37. The van der Waals surface area contributed by atoms with E-state index in [9.17, 15) is 19.8 Å². The monoisotopic (exact) mass is 223 g/mol. The molecule has 0 saturated carbocycles. The van der Waals surface area contributed by atoms with Crippen LogP contribution in [0.3, 0.4) is 0 Å². The van der Waals surface area contributed by atoms with Crippen molar-refractivity contribution in [3.8, 4) is 0 Å². The van der Waals surface area contributed by atoms with E-state index in [-0.39, 0.29) is 27.9 Å². The maximum atomic E-state index is 10.3. The minimum absolute atomic E-state index is 0. The molecule has 1 aromatic carbocycles. The Hall–Kier alpha value is -1.33. The third-order valence-electron chi connectivity index (χ3n) is 1.37. The van der Waals surface area contributed by atoms with Gasteiger partial charge in [0, 0.05) is 11.1 Å². The van der Waals surface area contributed by atoms with Gasteiger partial charge >= 0.3 is 16.8 Å². The molecule has 0 aliphatic carbocycles. The van der Waals surface area contributed by atoms with Crippen molar-refractivity contribution >= 4 is 11.9 Å². The van der Waals surface area contributed by atoms with Crippen LogP contribution < -0.4 is 10.2 Å². The summed E-state index contributed by atoms with van der Waals surface area (Å²) in [6, 6.07) is 5.14. The molecular weight excluding hydrogens is 219 g/mol. The quantitative estimate of drug-likeness (QED) is 0.605. The fourth-order valence-corrected chi connectivity index (χ4v) is 0.839.